The molecule has 19 heavy (non-hydrogen) atoms. The average molecular weight is 268 g/mol. The summed E-state index contributed by atoms with van der Waals surface area (Å²) in [5.41, 5.74) is 0.378. The first-order valence-electron chi connectivity index (χ1n) is 5.85. The largest absolute Gasteiger partial charge is 0.480 e. The molecular formula is C13H17FN2O3. The molecular weight excluding hydrogens is 251 g/mol. The zero-order valence-corrected chi connectivity index (χ0v) is 11.1. The second-order valence-electron chi connectivity index (χ2n) is 4.32. The number of urea groups is 1. The van der Waals surface area contributed by atoms with Crippen molar-refractivity contribution in [1.29, 1.82) is 0 Å². The molecule has 2 atom stereocenters. The van der Waals surface area contributed by atoms with Crippen LogP contribution in [0, 0.1) is 5.82 Å². The van der Waals surface area contributed by atoms with Crippen LogP contribution in [0.3, 0.4) is 0 Å². The van der Waals surface area contributed by atoms with Gasteiger partial charge in [-0.2, -0.15) is 0 Å². The summed E-state index contributed by atoms with van der Waals surface area (Å²) in [5, 5.41) is 11.0. The Labute approximate surface area is 111 Å². The molecule has 6 heteroatoms. The lowest BCUT2D eigenvalue weighted by molar-refractivity contribution is -0.138. The molecule has 1 unspecified atom stereocenters. The molecule has 0 aromatic heterocycles. The number of amides is 2. The number of hydrogen-bond donors (Lipinski definition) is 2. The Morgan fingerprint density at radius 2 is 1.89 bits per heavy atom. The Hall–Kier alpha value is -2.11. The predicted molar refractivity (Wildman–Crippen MR) is 68.2 cm³/mol. The lowest BCUT2D eigenvalue weighted by atomic mass is 10.1. The number of nitrogens with zero attached hydrogens (tertiary/aromatic N) is 1. The van der Waals surface area contributed by atoms with Crippen molar-refractivity contribution in [3.8, 4) is 0 Å². The second-order valence-corrected chi connectivity index (χ2v) is 4.32. The molecule has 1 rings (SSSR count). The summed E-state index contributed by atoms with van der Waals surface area (Å²) in [6, 6.07) is 4.09. The van der Waals surface area contributed by atoms with E-state index in [0.717, 1.165) is 0 Å². The summed E-state index contributed by atoms with van der Waals surface area (Å²) in [7, 11) is 1.49. The number of carboxylic acid groups (broad SMARTS) is 1. The SMILES string of the molecule is CC(c1ccccc1F)N(C)C(=O)N[C@H](C)C(=O)O. The van der Waals surface area contributed by atoms with Crippen LogP contribution in [0.5, 0.6) is 0 Å². The summed E-state index contributed by atoms with van der Waals surface area (Å²) >= 11 is 0. The summed E-state index contributed by atoms with van der Waals surface area (Å²) in [4.78, 5) is 23.7. The number of carboxylic acids is 1. The molecule has 0 heterocycles. The fourth-order valence-electron chi connectivity index (χ4n) is 1.55. The van der Waals surface area contributed by atoms with Crippen LogP contribution in [0.1, 0.15) is 25.5 Å². The lowest BCUT2D eigenvalue weighted by Crippen LogP contribution is -2.46. The minimum Gasteiger partial charge on any atom is -0.480 e. The maximum Gasteiger partial charge on any atom is 0.325 e. The van der Waals surface area contributed by atoms with Gasteiger partial charge in [-0.3, -0.25) is 4.79 Å². The van der Waals surface area contributed by atoms with Gasteiger partial charge in [0.25, 0.3) is 0 Å². The van der Waals surface area contributed by atoms with Crippen LogP contribution in [0.2, 0.25) is 0 Å². The topological polar surface area (TPSA) is 69.6 Å². The minimum absolute atomic E-state index is 0.378. The Morgan fingerprint density at radius 3 is 2.42 bits per heavy atom. The molecule has 2 N–H and O–H groups in total. The summed E-state index contributed by atoms with van der Waals surface area (Å²) < 4.78 is 13.6. The van der Waals surface area contributed by atoms with Crippen LogP contribution in [-0.2, 0) is 4.79 Å². The predicted octanol–water partition coefficient (Wildman–Crippen LogP) is 2.00. The average Bonchev–Trinajstić information content (AvgIpc) is 2.37. The van der Waals surface area contributed by atoms with E-state index in [1.807, 2.05) is 0 Å². The van der Waals surface area contributed by atoms with Crippen LogP contribution in [0.4, 0.5) is 9.18 Å². The molecule has 0 aliphatic heterocycles. The first kappa shape index (κ1) is 14.9. The van der Waals surface area contributed by atoms with Crippen LogP contribution in [0.25, 0.3) is 0 Å². The molecule has 1 aromatic rings. The van der Waals surface area contributed by atoms with Crippen molar-refractivity contribution >= 4 is 12.0 Å². The molecule has 0 aliphatic rings. The molecule has 1 aromatic carbocycles. The van der Waals surface area contributed by atoms with Gasteiger partial charge in [-0.1, -0.05) is 18.2 Å². The van der Waals surface area contributed by atoms with Crippen molar-refractivity contribution in [3.05, 3.63) is 35.6 Å². The van der Waals surface area contributed by atoms with Crippen LogP contribution < -0.4 is 5.32 Å². The number of carbonyl (C=O) groups is 2. The minimum atomic E-state index is -1.12. The highest BCUT2D eigenvalue weighted by atomic mass is 19.1. The van der Waals surface area contributed by atoms with E-state index in [0.29, 0.717) is 5.56 Å². The van der Waals surface area contributed by atoms with Crippen molar-refractivity contribution in [1.82, 2.24) is 10.2 Å². The van der Waals surface area contributed by atoms with Crippen LogP contribution in [-0.4, -0.2) is 35.1 Å². The fourth-order valence-corrected chi connectivity index (χ4v) is 1.55. The summed E-state index contributed by atoms with van der Waals surface area (Å²) in [5.74, 6) is -1.53. The van der Waals surface area contributed by atoms with Crippen molar-refractivity contribution in [2.24, 2.45) is 0 Å². The first-order chi connectivity index (χ1) is 8.84. The highest BCUT2D eigenvalue weighted by Gasteiger charge is 2.22. The van der Waals surface area contributed by atoms with E-state index in [-0.39, 0.29) is 0 Å². The highest BCUT2D eigenvalue weighted by Crippen LogP contribution is 2.21. The van der Waals surface area contributed by atoms with Crippen molar-refractivity contribution in [2.75, 3.05) is 7.05 Å². The number of aliphatic carboxylic acids is 1. The molecule has 2 amide bonds. The molecule has 104 valence electrons. The number of halogens is 1. The molecule has 0 fully saturated rings. The third-order valence-corrected chi connectivity index (χ3v) is 2.97. The van der Waals surface area contributed by atoms with Crippen molar-refractivity contribution < 1.29 is 19.1 Å². The van der Waals surface area contributed by atoms with Crippen LogP contribution >= 0.6 is 0 Å². The van der Waals surface area contributed by atoms with Gasteiger partial charge in [0.15, 0.2) is 0 Å². The number of nitrogens with one attached hydrogen (secondary N) is 1. The highest BCUT2D eigenvalue weighted by molar-refractivity contribution is 5.82. The third kappa shape index (κ3) is 3.67. The van der Waals surface area contributed by atoms with Gasteiger partial charge in [0.05, 0.1) is 6.04 Å². The zero-order valence-electron chi connectivity index (χ0n) is 11.1. The summed E-state index contributed by atoms with van der Waals surface area (Å²) in [6.07, 6.45) is 0. The lowest BCUT2D eigenvalue weighted by Gasteiger charge is -2.26. The molecule has 0 saturated carbocycles. The van der Waals surface area contributed by atoms with Gasteiger partial charge >= 0.3 is 12.0 Å². The number of benzene rings is 1. The zero-order chi connectivity index (χ0) is 14.6. The quantitative estimate of drug-likeness (QED) is 0.877. The molecule has 5 nitrogen and oxygen atoms in total. The van der Waals surface area contributed by atoms with E-state index in [4.69, 9.17) is 5.11 Å². The standard InChI is InChI=1S/C13H17FN2O3/c1-8(12(17)18)15-13(19)16(3)9(2)10-6-4-5-7-11(10)14/h4-9H,1-3H3,(H,15,19)(H,17,18)/t8-,9?/m1/s1. The van der Waals surface area contributed by atoms with E-state index in [9.17, 15) is 14.0 Å². The first-order valence-corrected chi connectivity index (χ1v) is 5.85. The number of carbonyl (C=O) groups excluding carboxylic acids is 1. The maximum absolute atomic E-state index is 13.6. The normalized spacial score (nSPS) is 13.5. The van der Waals surface area contributed by atoms with Gasteiger partial charge in [0.2, 0.25) is 0 Å². The third-order valence-electron chi connectivity index (χ3n) is 2.97. The van der Waals surface area contributed by atoms with Crippen molar-refractivity contribution in [2.45, 2.75) is 25.9 Å². The van der Waals surface area contributed by atoms with Gasteiger partial charge in [-0.25, -0.2) is 9.18 Å². The fraction of sp³-hybridized carbons (Fsp3) is 0.385. The molecule has 0 bridgehead atoms. The van der Waals surface area contributed by atoms with Gasteiger partial charge in [0.1, 0.15) is 11.9 Å². The van der Waals surface area contributed by atoms with Gasteiger partial charge in [-0.05, 0) is 19.9 Å². The Balaban J connectivity index is 2.77. The maximum atomic E-state index is 13.6. The smallest absolute Gasteiger partial charge is 0.325 e. The van der Waals surface area contributed by atoms with E-state index in [1.165, 1.54) is 24.9 Å². The van der Waals surface area contributed by atoms with Gasteiger partial charge < -0.3 is 15.3 Å². The van der Waals surface area contributed by atoms with E-state index in [2.05, 4.69) is 5.32 Å². The van der Waals surface area contributed by atoms with Gasteiger partial charge in [0, 0.05) is 12.6 Å². The molecule has 0 saturated heterocycles. The van der Waals surface area contributed by atoms with Gasteiger partial charge in [-0.15, -0.1) is 0 Å². The Morgan fingerprint density at radius 1 is 1.32 bits per heavy atom. The Kier molecular flexibility index (Phi) is 4.86. The molecule has 0 radical (unpaired) electrons. The van der Waals surface area contributed by atoms with E-state index in [1.54, 1.807) is 25.1 Å². The summed E-state index contributed by atoms with van der Waals surface area (Å²) in [6.45, 7) is 3.03. The second kappa shape index (κ2) is 6.17. The number of hydrogen-bond acceptors (Lipinski definition) is 2. The monoisotopic (exact) mass is 268 g/mol. The van der Waals surface area contributed by atoms with Crippen molar-refractivity contribution in [3.63, 3.8) is 0 Å². The van der Waals surface area contributed by atoms with Crippen LogP contribution in [0.15, 0.2) is 24.3 Å². The Bertz CT molecular complexity index is 479. The molecule has 0 aliphatic carbocycles. The van der Waals surface area contributed by atoms with E-state index < -0.39 is 29.9 Å². The number of rotatable bonds is 4. The van der Waals surface area contributed by atoms with E-state index >= 15 is 0 Å². The molecule has 0 spiro atoms.